The summed E-state index contributed by atoms with van der Waals surface area (Å²) in [6, 6.07) is 3.27. The van der Waals surface area contributed by atoms with Gasteiger partial charge in [-0.2, -0.15) is 13.2 Å². The number of aliphatic carboxylic acids is 1. The summed E-state index contributed by atoms with van der Waals surface area (Å²) in [7, 11) is 0. The van der Waals surface area contributed by atoms with E-state index in [1.165, 1.54) is 31.2 Å². The van der Waals surface area contributed by atoms with Crippen LogP contribution in [-0.4, -0.2) is 62.0 Å². The van der Waals surface area contributed by atoms with E-state index in [9.17, 15) is 37.1 Å². The van der Waals surface area contributed by atoms with Crippen molar-refractivity contribution in [2.45, 2.75) is 70.2 Å². The number of carboxylic acids is 1. The highest BCUT2D eigenvalue weighted by Gasteiger charge is 2.38. The lowest BCUT2D eigenvalue weighted by Crippen LogP contribution is -2.49. The molecule has 0 spiro atoms. The largest absolute Gasteiger partial charge is 0.481 e. The molecule has 53 heavy (non-hydrogen) atoms. The summed E-state index contributed by atoms with van der Waals surface area (Å²) < 4.78 is 96.4. The van der Waals surface area contributed by atoms with Crippen molar-refractivity contribution in [2.75, 3.05) is 19.6 Å². The van der Waals surface area contributed by atoms with Crippen molar-refractivity contribution in [3.05, 3.63) is 104 Å². The van der Waals surface area contributed by atoms with E-state index >= 15 is 8.78 Å². The van der Waals surface area contributed by atoms with E-state index in [4.69, 9.17) is 4.74 Å². The van der Waals surface area contributed by atoms with Crippen LogP contribution in [-0.2, 0) is 35.3 Å². The van der Waals surface area contributed by atoms with E-state index in [1.807, 2.05) is 0 Å². The molecule has 3 aliphatic rings. The molecule has 4 bridgehead atoms. The molecule has 4 aromatic rings. The number of nitrogens with one attached hydrogen (secondary N) is 1. The standard InChI is InChI=1S/C37H35F6N5O5/c1-19-8-23-10-26(33(19)40)30(12-32(50)51)44-35(52)34(48-14-22(6-7-46-15-24(38)16-46)28(11-31(48)49)37(41,42)43)25-9-21(4-5-29(25)39)18-53-36-27(23)17-47(45-36)13-20-2-3-20/h4-5,8-11,14,17,20,24,30,34H,2-3,6-7,12-13,15-16,18H2,1H3,(H,44,52)(H,50,51)/t30-,34-/m0/s1. The number of hydrogen-bond donors (Lipinski definition) is 2. The molecule has 2 aromatic heterocycles. The molecule has 0 radical (unpaired) electrons. The zero-order chi connectivity index (χ0) is 37.8. The molecule has 2 fully saturated rings. The Labute approximate surface area is 299 Å². The molecule has 2 aliphatic heterocycles. The van der Waals surface area contributed by atoms with Crippen LogP contribution >= 0.6 is 0 Å². The SMILES string of the molecule is Cc1cc2cc(c1F)[C@H](CC(=O)O)NC(=O)[C@@H](n1cc(CCN3CC(F)C3)c(C(F)(F)F)cc1=O)c1cc(ccc1F)COc1nn(CC3CC3)cc1-2. The maximum atomic E-state index is 16.0. The molecule has 0 unspecified atom stereocenters. The fourth-order valence-corrected chi connectivity index (χ4v) is 6.92. The first-order valence-corrected chi connectivity index (χ1v) is 17.1. The number of rotatable bonds is 8. The predicted octanol–water partition coefficient (Wildman–Crippen LogP) is 5.74. The third-order valence-corrected chi connectivity index (χ3v) is 9.87. The fraction of sp³-hybridized carbons (Fsp3) is 0.405. The van der Waals surface area contributed by atoms with Crippen molar-refractivity contribution in [2.24, 2.45) is 5.92 Å². The number of ether oxygens (including phenoxy) is 1. The quantitative estimate of drug-likeness (QED) is 0.221. The van der Waals surface area contributed by atoms with Gasteiger partial charge in [-0.3, -0.25) is 28.5 Å². The van der Waals surface area contributed by atoms with Gasteiger partial charge in [-0.15, -0.1) is 5.10 Å². The van der Waals surface area contributed by atoms with Gasteiger partial charge in [0.25, 0.3) is 5.56 Å². The molecule has 1 saturated heterocycles. The molecule has 1 aliphatic carbocycles. The van der Waals surface area contributed by atoms with Gasteiger partial charge in [-0.05, 0) is 78.6 Å². The van der Waals surface area contributed by atoms with Crippen LogP contribution in [0.25, 0.3) is 11.1 Å². The predicted molar refractivity (Wildman–Crippen MR) is 178 cm³/mol. The Hall–Kier alpha value is -5.12. The molecule has 7 rings (SSSR count). The Morgan fingerprint density at radius 1 is 1.06 bits per heavy atom. The van der Waals surface area contributed by atoms with Crippen molar-refractivity contribution in [1.29, 1.82) is 0 Å². The highest BCUT2D eigenvalue weighted by atomic mass is 19.4. The number of amides is 1. The molecule has 2 aromatic carbocycles. The summed E-state index contributed by atoms with van der Waals surface area (Å²) in [5, 5.41) is 17.0. The van der Waals surface area contributed by atoms with E-state index in [0.29, 0.717) is 39.8 Å². The monoisotopic (exact) mass is 743 g/mol. The minimum atomic E-state index is -4.98. The fourth-order valence-electron chi connectivity index (χ4n) is 6.92. The van der Waals surface area contributed by atoms with Crippen molar-refractivity contribution in [3.8, 4) is 17.0 Å². The number of likely N-dealkylation sites (tertiary alicyclic amines) is 1. The van der Waals surface area contributed by atoms with Crippen molar-refractivity contribution < 1.29 is 45.8 Å². The van der Waals surface area contributed by atoms with Crippen LogP contribution in [0.1, 0.15) is 64.7 Å². The molecule has 4 heterocycles. The third kappa shape index (κ3) is 7.68. The number of aryl methyl sites for hydroxylation is 1. The molecule has 1 saturated carbocycles. The van der Waals surface area contributed by atoms with Crippen LogP contribution in [0.4, 0.5) is 26.3 Å². The minimum Gasteiger partial charge on any atom is -0.481 e. The number of carboxylic acid groups (broad SMARTS) is 1. The summed E-state index contributed by atoms with van der Waals surface area (Å²) in [6.45, 7) is 1.91. The van der Waals surface area contributed by atoms with Crippen LogP contribution in [0.3, 0.4) is 0 Å². The number of fused-ring (bicyclic) bond motifs is 6. The van der Waals surface area contributed by atoms with Crippen LogP contribution in [0, 0.1) is 24.5 Å². The second kappa shape index (κ2) is 14.0. The maximum Gasteiger partial charge on any atom is 0.416 e. The average molecular weight is 744 g/mol. The normalized spacial score (nSPS) is 19.5. The molecular formula is C37H35F6N5O5. The molecule has 10 nitrogen and oxygen atoms in total. The average Bonchev–Trinajstić information content (AvgIpc) is 3.80. The first-order valence-electron chi connectivity index (χ1n) is 17.1. The van der Waals surface area contributed by atoms with E-state index in [1.54, 1.807) is 15.8 Å². The Kier molecular flexibility index (Phi) is 9.59. The zero-order valence-electron chi connectivity index (χ0n) is 28.4. The summed E-state index contributed by atoms with van der Waals surface area (Å²) in [4.78, 5) is 41.6. The van der Waals surface area contributed by atoms with Crippen LogP contribution < -0.4 is 15.6 Å². The summed E-state index contributed by atoms with van der Waals surface area (Å²) >= 11 is 0. The number of alkyl halides is 4. The van der Waals surface area contributed by atoms with Gasteiger partial charge >= 0.3 is 12.1 Å². The third-order valence-electron chi connectivity index (χ3n) is 9.87. The zero-order valence-corrected chi connectivity index (χ0v) is 28.4. The van der Waals surface area contributed by atoms with Gasteiger partial charge in [0.05, 0.1) is 23.6 Å². The van der Waals surface area contributed by atoms with Gasteiger partial charge in [-0.1, -0.05) is 6.07 Å². The van der Waals surface area contributed by atoms with E-state index in [-0.39, 0.29) is 49.7 Å². The van der Waals surface area contributed by atoms with Crippen LogP contribution in [0.2, 0.25) is 0 Å². The van der Waals surface area contributed by atoms with E-state index in [2.05, 4.69) is 10.4 Å². The van der Waals surface area contributed by atoms with Gasteiger partial charge in [-0.25, -0.2) is 13.2 Å². The number of nitrogens with zero attached hydrogens (tertiary/aromatic N) is 4. The van der Waals surface area contributed by atoms with Crippen molar-refractivity contribution in [1.82, 2.24) is 24.6 Å². The molecule has 2 atom stereocenters. The van der Waals surface area contributed by atoms with Crippen LogP contribution in [0.5, 0.6) is 5.88 Å². The summed E-state index contributed by atoms with van der Waals surface area (Å²) in [5.74, 6) is -3.86. The number of benzene rings is 2. The van der Waals surface area contributed by atoms with Crippen LogP contribution in [0.15, 0.2) is 53.6 Å². The van der Waals surface area contributed by atoms with Gasteiger partial charge < -0.3 is 15.2 Å². The lowest BCUT2D eigenvalue weighted by molar-refractivity contribution is -0.139. The second-order valence-electron chi connectivity index (χ2n) is 14.0. The minimum absolute atomic E-state index is 0.00775. The van der Waals surface area contributed by atoms with Gasteiger partial charge in [0.2, 0.25) is 11.8 Å². The first kappa shape index (κ1) is 36.2. The second-order valence-corrected chi connectivity index (χ2v) is 14.0. The Balaban J connectivity index is 1.39. The summed E-state index contributed by atoms with van der Waals surface area (Å²) in [5.41, 5.74) is -2.34. The highest BCUT2D eigenvalue weighted by Crippen LogP contribution is 2.38. The molecule has 1 amide bonds. The molecule has 280 valence electrons. The lowest BCUT2D eigenvalue weighted by Gasteiger charge is -2.34. The van der Waals surface area contributed by atoms with Gasteiger partial charge in [0, 0.05) is 55.8 Å². The maximum absolute atomic E-state index is 16.0. The van der Waals surface area contributed by atoms with E-state index in [0.717, 1.165) is 25.1 Å². The van der Waals surface area contributed by atoms with Crippen molar-refractivity contribution in [3.63, 3.8) is 0 Å². The molecule has 16 heteroatoms. The first-order chi connectivity index (χ1) is 25.1. The number of carbonyl (C=O) groups excluding carboxylic acids is 1. The summed E-state index contributed by atoms with van der Waals surface area (Å²) in [6.07, 6.45) is -2.60. The highest BCUT2D eigenvalue weighted by molar-refractivity contribution is 5.85. The Morgan fingerprint density at radius 2 is 1.81 bits per heavy atom. The number of pyridine rings is 1. The van der Waals surface area contributed by atoms with Gasteiger partial charge in [0.1, 0.15) is 30.5 Å². The smallest absolute Gasteiger partial charge is 0.416 e. The molecule has 2 N–H and O–H groups in total. The molecular weight excluding hydrogens is 708 g/mol. The number of carbonyl (C=O) groups is 2. The Bertz CT molecular complexity index is 2140. The van der Waals surface area contributed by atoms with Crippen molar-refractivity contribution >= 4 is 11.9 Å². The topological polar surface area (TPSA) is 119 Å². The number of aromatic nitrogens is 3. The number of halogens is 6. The van der Waals surface area contributed by atoms with Gasteiger partial charge in [0.15, 0.2) is 0 Å². The Morgan fingerprint density at radius 3 is 2.49 bits per heavy atom. The number of hydrogen-bond acceptors (Lipinski definition) is 6. The van der Waals surface area contributed by atoms with E-state index < -0.39 is 76.6 Å². The lowest BCUT2D eigenvalue weighted by atomic mass is 9.94.